The molecule has 9 heteroatoms. The van der Waals surface area contributed by atoms with Crippen molar-refractivity contribution in [1.82, 2.24) is 14.7 Å². The molecule has 2 aliphatic rings. The van der Waals surface area contributed by atoms with E-state index in [1.807, 2.05) is 36.1 Å². The van der Waals surface area contributed by atoms with Crippen LogP contribution in [-0.2, 0) is 11.0 Å². The summed E-state index contributed by atoms with van der Waals surface area (Å²) in [5.74, 6) is 0.0653. The summed E-state index contributed by atoms with van der Waals surface area (Å²) in [6.07, 6.45) is 1.89. The fraction of sp³-hybridized carbons (Fsp3) is 0.394. The normalized spacial score (nSPS) is 20.5. The lowest BCUT2D eigenvalue weighted by Gasteiger charge is -2.47. The van der Waals surface area contributed by atoms with E-state index >= 15 is 0 Å². The zero-order chi connectivity index (χ0) is 30.8. The van der Waals surface area contributed by atoms with Gasteiger partial charge in [-0.05, 0) is 61.1 Å². The third-order valence-corrected chi connectivity index (χ3v) is 8.60. The molecule has 3 atom stereocenters. The first kappa shape index (κ1) is 30.9. The Hall–Kier alpha value is -4.01. The molecule has 0 saturated carbocycles. The third kappa shape index (κ3) is 5.56. The number of carbonyl (C=O) groups is 2. The SMILES string of the molecule is C=CCC1(CC=C)C[C@H]2[C@H](c3ccccc3C)N(C(=O)N(C)[C@H](C=C)c3cc(OC)cc(C(F)(F)F)c3)CCN2C1=O. The van der Waals surface area contributed by atoms with Crippen LogP contribution in [0.5, 0.6) is 5.75 Å². The lowest BCUT2D eigenvalue weighted by molar-refractivity contribution is -0.139. The summed E-state index contributed by atoms with van der Waals surface area (Å²) >= 11 is 0. The molecule has 42 heavy (non-hydrogen) atoms. The van der Waals surface area contributed by atoms with E-state index in [1.54, 1.807) is 24.1 Å². The number of amides is 3. The highest BCUT2D eigenvalue weighted by Crippen LogP contribution is 2.50. The highest BCUT2D eigenvalue weighted by Gasteiger charge is 2.56. The van der Waals surface area contributed by atoms with E-state index < -0.39 is 29.2 Å². The summed E-state index contributed by atoms with van der Waals surface area (Å²) in [7, 11) is 2.85. The van der Waals surface area contributed by atoms with Gasteiger partial charge in [0.2, 0.25) is 5.91 Å². The molecule has 2 heterocycles. The number of nitrogens with zero attached hydrogens (tertiary/aromatic N) is 3. The summed E-state index contributed by atoms with van der Waals surface area (Å²) in [6.45, 7) is 14.2. The third-order valence-electron chi connectivity index (χ3n) is 8.60. The number of carbonyl (C=O) groups excluding carboxylic acids is 2. The van der Waals surface area contributed by atoms with Crippen LogP contribution in [0.15, 0.2) is 80.4 Å². The van der Waals surface area contributed by atoms with Gasteiger partial charge in [-0.1, -0.05) is 42.5 Å². The Bertz CT molecular complexity index is 1360. The van der Waals surface area contributed by atoms with Gasteiger partial charge in [-0.3, -0.25) is 4.79 Å². The number of fused-ring (bicyclic) bond motifs is 1. The van der Waals surface area contributed by atoms with Crippen molar-refractivity contribution in [1.29, 1.82) is 0 Å². The van der Waals surface area contributed by atoms with Crippen molar-refractivity contribution < 1.29 is 27.5 Å². The molecule has 0 aliphatic carbocycles. The van der Waals surface area contributed by atoms with Crippen molar-refractivity contribution in [3.63, 3.8) is 0 Å². The summed E-state index contributed by atoms with van der Waals surface area (Å²) in [5.41, 5.74) is 0.570. The van der Waals surface area contributed by atoms with E-state index in [0.717, 1.165) is 23.3 Å². The van der Waals surface area contributed by atoms with E-state index in [1.165, 1.54) is 24.2 Å². The molecule has 2 fully saturated rings. The van der Waals surface area contributed by atoms with Crippen LogP contribution in [0.25, 0.3) is 0 Å². The summed E-state index contributed by atoms with van der Waals surface area (Å²) in [6, 6.07) is 9.21. The first-order valence-corrected chi connectivity index (χ1v) is 13.9. The van der Waals surface area contributed by atoms with E-state index in [2.05, 4.69) is 19.7 Å². The van der Waals surface area contributed by atoms with Crippen molar-refractivity contribution in [2.24, 2.45) is 5.41 Å². The van der Waals surface area contributed by atoms with Gasteiger partial charge in [-0.2, -0.15) is 13.2 Å². The molecule has 2 aromatic rings. The number of aryl methyl sites for hydroxylation is 1. The number of hydrogen-bond acceptors (Lipinski definition) is 3. The first-order valence-electron chi connectivity index (χ1n) is 13.9. The molecular formula is C33H38F3N3O3. The Morgan fingerprint density at radius 3 is 2.38 bits per heavy atom. The molecule has 0 radical (unpaired) electrons. The largest absolute Gasteiger partial charge is 0.497 e. The van der Waals surface area contributed by atoms with E-state index in [4.69, 9.17) is 4.74 Å². The number of allylic oxidation sites excluding steroid dienone is 2. The van der Waals surface area contributed by atoms with Crippen LogP contribution in [0, 0.1) is 12.3 Å². The second-order valence-electron chi connectivity index (χ2n) is 11.1. The standard InChI is InChI=1S/C33H38F3N3O3/c1-7-14-32(15-8-2)21-28-29(26-13-11-10-12-22(26)4)39(17-16-38(28)30(32)40)31(41)37(5)27(9-3)23-18-24(33(34,35)36)20-25(19-23)42-6/h7-13,18-20,27-29H,1-3,14-17,21H2,4-6H3/t27-,28+,29+/m1/s1. The molecule has 2 aliphatic heterocycles. The molecule has 6 nitrogen and oxygen atoms in total. The topological polar surface area (TPSA) is 53.1 Å². The van der Waals surface area contributed by atoms with Crippen molar-refractivity contribution in [3.8, 4) is 5.75 Å². The molecule has 4 rings (SSSR count). The average Bonchev–Trinajstić information content (AvgIpc) is 3.23. The van der Waals surface area contributed by atoms with Crippen molar-refractivity contribution in [2.45, 2.75) is 50.5 Å². The van der Waals surface area contributed by atoms with Crippen molar-refractivity contribution in [2.75, 3.05) is 27.2 Å². The fourth-order valence-electron chi connectivity index (χ4n) is 6.56. The van der Waals surface area contributed by atoms with E-state index in [9.17, 15) is 22.8 Å². The number of likely N-dealkylation sites (N-methyl/N-ethyl adjacent to an activating group) is 1. The van der Waals surface area contributed by atoms with Crippen molar-refractivity contribution in [3.05, 3.63) is 103 Å². The fourth-order valence-corrected chi connectivity index (χ4v) is 6.56. The van der Waals surface area contributed by atoms with Gasteiger partial charge in [0.1, 0.15) is 5.75 Å². The Balaban J connectivity index is 1.76. The van der Waals surface area contributed by atoms with Gasteiger partial charge in [0.25, 0.3) is 0 Å². The second-order valence-corrected chi connectivity index (χ2v) is 11.1. The van der Waals surface area contributed by atoms with E-state index in [0.29, 0.717) is 25.8 Å². The zero-order valence-corrected chi connectivity index (χ0v) is 24.4. The Morgan fingerprint density at radius 1 is 1.14 bits per heavy atom. The molecule has 0 unspecified atom stereocenters. The number of rotatable bonds is 9. The maximum atomic E-state index is 14.3. The number of ether oxygens (including phenoxy) is 1. The van der Waals surface area contributed by atoms with Crippen molar-refractivity contribution >= 4 is 11.9 Å². The molecule has 0 aromatic heterocycles. The minimum Gasteiger partial charge on any atom is -0.497 e. The molecule has 0 spiro atoms. The van der Waals surface area contributed by atoms with Crippen LogP contribution in [0.2, 0.25) is 0 Å². The van der Waals surface area contributed by atoms with Crippen LogP contribution >= 0.6 is 0 Å². The Labute approximate surface area is 245 Å². The Morgan fingerprint density at radius 2 is 1.81 bits per heavy atom. The smallest absolute Gasteiger partial charge is 0.416 e. The molecular weight excluding hydrogens is 543 g/mol. The molecule has 0 bridgehead atoms. The van der Waals surface area contributed by atoms with Gasteiger partial charge >= 0.3 is 12.2 Å². The van der Waals surface area contributed by atoms with Crippen LogP contribution in [-0.4, -0.2) is 59.9 Å². The maximum absolute atomic E-state index is 14.3. The van der Waals surface area contributed by atoms with Crippen LogP contribution in [0.3, 0.4) is 0 Å². The lowest BCUT2D eigenvalue weighted by atomic mass is 9.76. The predicted molar refractivity (Wildman–Crippen MR) is 157 cm³/mol. The molecule has 2 aromatic carbocycles. The number of piperazine rings is 1. The first-order chi connectivity index (χ1) is 19.9. The van der Waals surface area contributed by atoms with Crippen LogP contribution < -0.4 is 4.74 Å². The molecule has 0 N–H and O–H groups in total. The summed E-state index contributed by atoms with van der Waals surface area (Å²) in [4.78, 5) is 33.2. The maximum Gasteiger partial charge on any atom is 0.416 e. The Kier molecular flexibility index (Phi) is 8.89. The zero-order valence-electron chi connectivity index (χ0n) is 24.4. The molecule has 3 amide bonds. The number of methoxy groups -OCH3 is 1. The van der Waals surface area contributed by atoms with Crippen LogP contribution in [0.1, 0.15) is 53.6 Å². The minimum absolute atomic E-state index is 0.0316. The molecule has 224 valence electrons. The highest BCUT2D eigenvalue weighted by molar-refractivity contribution is 5.87. The monoisotopic (exact) mass is 581 g/mol. The van der Waals surface area contributed by atoms with Gasteiger partial charge in [0, 0.05) is 20.1 Å². The van der Waals surface area contributed by atoms with Crippen LogP contribution in [0.4, 0.5) is 18.0 Å². The van der Waals surface area contributed by atoms with Gasteiger partial charge in [0.15, 0.2) is 0 Å². The molecule has 2 saturated heterocycles. The summed E-state index contributed by atoms with van der Waals surface area (Å²) < 4.78 is 46.2. The lowest BCUT2D eigenvalue weighted by Crippen LogP contribution is -2.57. The number of hydrogen-bond donors (Lipinski definition) is 0. The second kappa shape index (κ2) is 12.1. The van der Waals surface area contributed by atoms with Gasteiger partial charge in [-0.25, -0.2) is 4.79 Å². The number of halogens is 3. The number of urea groups is 1. The quantitative estimate of drug-likeness (QED) is 0.297. The van der Waals surface area contributed by atoms with Gasteiger partial charge in [0.05, 0.1) is 36.2 Å². The number of alkyl halides is 3. The van der Waals surface area contributed by atoms with E-state index in [-0.39, 0.29) is 35.8 Å². The van der Waals surface area contributed by atoms with Gasteiger partial charge in [-0.15, -0.1) is 19.7 Å². The average molecular weight is 582 g/mol. The number of benzene rings is 2. The predicted octanol–water partition coefficient (Wildman–Crippen LogP) is 7.10. The highest BCUT2D eigenvalue weighted by atomic mass is 19.4. The minimum atomic E-state index is -4.60. The summed E-state index contributed by atoms with van der Waals surface area (Å²) in [5, 5.41) is 0. The van der Waals surface area contributed by atoms with Gasteiger partial charge < -0.3 is 19.4 Å².